The minimum atomic E-state index is 0.0509. The Kier molecular flexibility index (Phi) is 7.70. The summed E-state index contributed by atoms with van der Waals surface area (Å²) >= 11 is 0. The molecule has 0 amide bonds. The Morgan fingerprint density at radius 1 is 1.04 bits per heavy atom. The van der Waals surface area contributed by atoms with Gasteiger partial charge in [0, 0.05) is 18.5 Å². The Morgan fingerprint density at radius 2 is 1.78 bits per heavy atom. The van der Waals surface area contributed by atoms with Crippen LogP contribution < -0.4 is 4.74 Å². The van der Waals surface area contributed by atoms with Crippen LogP contribution in [0.4, 0.5) is 0 Å². The van der Waals surface area contributed by atoms with Crippen LogP contribution in [-0.4, -0.2) is 18.5 Å². The molecular formula is C25H31NO. The normalized spacial score (nSPS) is 11.5. The molecule has 0 fully saturated rings. The number of aryl methyl sites for hydroxylation is 1. The van der Waals surface area contributed by atoms with E-state index in [-0.39, 0.29) is 5.41 Å². The van der Waals surface area contributed by atoms with E-state index in [1.807, 2.05) is 12.1 Å². The summed E-state index contributed by atoms with van der Waals surface area (Å²) in [5, 5.41) is 0. The van der Waals surface area contributed by atoms with Gasteiger partial charge in [0.05, 0.1) is 0 Å². The van der Waals surface area contributed by atoms with E-state index >= 15 is 0 Å². The minimum absolute atomic E-state index is 0.0509. The molecule has 142 valence electrons. The lowest BCUT2D eigenvalue weighted by Gasteiger charge is -2.15. The molecule has 0 aliphatic heterocycles. The van der Waals surface area contributed by atoms with Crippen molar-refractivity contribution in [2.24, 2.45) is 5.41 Å². The van der Waals surface area contributed by atoms with Crippen molar-refractivity contribution in [1.29, 1.82) is 0 Å². The first-order chi connectivity index (χ1) is 12.8. The van der Waals surface area contributed by atoms with Crippen LogP contribution in [0.3, 0.4) is 0 Å². The molecule has 0 atom stereocenters. The van der Waals surface area contributed by atoms with Crippen LogP contribution in [0.2, 0.25) is 0 Å². The molecular weight excluding hydrogens is 330 g/mol. The van der Waals surface area contributed by atoms with Crippen molar-refractivity contribution in [3.05, 3.63) is 77.4 Å². The number of hydrogen-bond donors (Lipinski definition) is 0. The van der Waals surface area contributed by atoms with Crippen LogP contribution in [0.25, 0.3) is 0 Å². The largest absolute Gasteiger partial charge is 0.489 e. The van der Waals surface area contributed by atoms with Gasteiger partial charge in [-0.25, -0.2) is 0 Å². The molecule has 0 aliphatic rings. The van der Waals surface area contributed by atoms with Gasteiger partial charge in [0.1, 0.15) is 12.4 Å². The predicted molar refractivity (Wildman–Crippen MR) is 115 cm³/mol. The molecule has 0 N–H and O–H groups in total. The second-order valence-electron chi connectivity index (χ2n) is 8.04. The minimum Gasteiger partial charge on any atom is -0.489 e. The summed E-state index contributed by atoms with van der Waals surface area (Å²) in [6.45, 7) is 10.8. The summed E-state index contributed by atoms with van der Waals surface area (Å²) in [6.07, 6.45) is 4.05. The number of allylic oxidation sites excluding steroid dienone is 1. The van der Waals surface area contributed by atoms with Crippen molar-refractivity contribution >= 4 is 0 Å². The number of nitrogens with zero attached hydrogens (tertiary/aromatic N) is 1. The van der Waals surface area contributed by atoms with Crippen molar-refractivity contribution < 1.29 is 4.74 Å². The summed E-state index contributed by atoms with van der Waals surface area (Å²) < 4.78 is 5.95. The smallest absolute Gasteiger partial charge is 0.120 e. The van der Waals surface area contributed by atoms with Gasteiger partial charge in [0.25, 0.3) is 0 Å². The summed E-state index contributed by atoms with van der Waals surface area (Å²) in [7, 11) is 2.11. The molecule has 2 aromatic carbocycles. The quantitative estimate of drug-likeness (QED) is 0.594. The fraction of sp³-hybridized carbons (Fsp3) is 0.360. The number of rotatable bonds is 7. The van der Waals surface area contributed by atoms with E-state index in [0.29, 0.717) is 6.61 Å². The van der Waals surface area contributed by atoms with E-state index in [2.05, 4.69) is 100 Å². The van der Waals surface area contributed by atoms with Gasteiger partial charge in [-0.3, -0.25) is 4.90 Å². The molecule has 0 aliphatic carbocycles. The number of benzene rings is 2. The molecule has 2 nitrogen and oxygen atoms in total. The summed E-state index contributed by atoms with van der Waals surface area (Å²) in [5.41, 5.74) is 3.75. The van der Waals surface area contributed by atoms with Crippen LogP contribution >= 0.6 is 0 Å². The first-order valence-electron chi connectivity index (χ1n) is 9.45. The Morgan fingerprint density at radius 3 is 2.48 bits per heavy atom. The van der Waals surface area contributed by atoms with Gasteiger partial charge in [-0.1, -0.05) is 59.9 Å². The van der Waals surface area contributed by atoms with E-state index < -0.39 is 0 Å². The lowest BCUT2D eigenvalue weighted by Crippen LogP contribution is -2.17. The van der Waals surface area contributed by atoms with Crippen LogP contribution in [0.1, 0.15) is 37.5 Å². The maximum atomic E-state index is 5.95. The molecule has 0 bridgehead atoms. The van der Waals surface area contributed by atoms with Gasteiger partial charge in [0.2, 0.25) is 0 Å². The van der Waals surface area contributed by atoms with E-state index in [0.717, 1.165) is 18.8 Å². The standard InChI is InChI=1S/C25H31NO/c1-21-12-14-22(15-13-21)20-27-24-11-9-10-23(18-24)19-26(5)17-8-6-7-16-25(2,3)4/h6,8-15,18H,17,19-20H2,1-5H3/b8-6+. The molecule has 0 heterocycles. The van der Waals surface area contributed by atoms with Crippen LogP contribution in [0.5, 0.6) is 5.75 Å². The summed E-state index contributed by atoms with van der Waals surface area (Å²) in [5.74, 6) is 7.23. The van der Waals surface area contributed by atoms with Crippen molar-refractivity contribution in [2.75, 3.05) is 13.6 Å². The summed E-state index contributed by atoms with van der Waals surface area (Å²) in [6, 6.07) is 16.8. The van der Waals surface area contributed by atoms with Gasteiger partial charge in [-0.05, 0) is 64.1 Å². The zero-order valence-corrected chi connectivity index (χ0v) is 17.3. The Bertz CT molecular complexity index is 801. The molecule has 0 aromatic heterocycles. The first kappa shape index (κ1) is 20.8. The topological polar surface area (TPSA) is 12.5 Å². The lowest BCUT2D eigenvalue weighted by atomic mass is 9.98. The Labute approximate surface area is 164 Å². The van der Waals surface area contributed by atoms with Crippen molar-refractivity contribution in [3.63, 3.8) is 0 Å². The van der Waals surface area contributed by atoms with Crippen molar-refractivity contribution in [2.45, 2.75) is 40.8 Å². The molecule has 0 radical (unpaired) electrons. The van der Waals surface area contributed by atoms with Gasteiger partial charge in [-0.15, -0.1) is 0 Å². The third-order valence-corrected chi connectivity index (χ3v) is 3.94. The maximum Gasteiger partial charge on any atom is 0.120 e. The molecule has 0 saturated carbocycles. The highest BCUT2D eigenvalue weighted by molar-refractivity contribution is 5.29. The van der Waals surface area contributed by atoms with Crippen LogP contribution in [0.15, 0.2) is 60.7 Å². The van der Waals surface area contributed by atoms with Crippen molar-refractivity contribution in [3.8, 4) is 17.6 Å². The van der Waals surface area contributed by atoms with E-state index in [1.54, 1.807) is 0 Å². The average Bonchev–Trinajstić information content (AvgIpc) is 2.60. The van der Waals surface area contributed by atoms with E-state index in [1.165, 1.54) is 16.7 Å². The third-order valence-electron chi connectivity index (χ3n) is 3.94. The maximum absolute atomic E-state index is 5.95. The molecule has 0 spiro atoms. The molecule has 27 heavy (non-hydrogen) atoms. The SMILES string of the molecule is Cc1ccc(COc2cccc(CN(C)C/C=C/C#CC(C)(C)C)c2)cc1. The monoisotopic (exact) mass is 361 g/mol. The Balaban J connectivity index is 1.84. The van der Waals surface area contributed by atoms with Gasteiger partial charge in [-0.2, -0.15) is 0 Å². The Hall–Kier alpha value is -2.50. The van der Waals surface area contributed by atoms with Gasteiger partial charge in [0.15, 0.2) is 0 Å². The highest BCUT2D eigenvalue weighted by Crippen LogP contribution is 2.16. The zero-order valence-electron chi connectivity index (χ0n) is 17.3. The van der Waals surface area contributed by atoms with E-state index in [9.17, 15) is 0 Å². The van der Waals surface area contributed by atoms with Gasteiger partial charge < -0.3 is 4.74 Å². The van der Waals surface area contributed by atoms with Crippen molar-refractivity contribution in [1.82, 2.24) is 4.90 Å². The number of ether oxygens (including phenoxy) is 1. The van der Waals surface area contributed by atoms with Crippen LogP contribution in [-0.2, 0) is 13.2 Å². The molecule has 0 saturated heterocycles. The first-order valence-corrected chi connectivity index (χ1v) is 9.45. The summed E-state index contributed by atoms with van der Waals surface area (Å²) in [4.78, 5) is 2.26. The number of likely N-dealkylation sites (N-methyl/N-ethyl adjacent to an activating group) is 1. The predicted octanol–water partition coefficient (Wildman–Crippen LogP) is 5.61. The molecule has 0 unspecified atom stereocenters. The second-order valence-corrected chi connectivity index (χ2v) is 8.04. The molecule has 2 heteroatoms. The van der Waals surface area contributed by atoms with E-state index in [4.69, 9.17) is 4.74 Å². The van der Waals surface area contributed by atoms with Crippen LogP contribution in [0, 0.1) is 24.2 Å². The second kappa shape index (κ2) is 10.00. The molecule has 2 aromatic rings. The van der Waals surface area contributed by atoms with Gasteiger partial charge >= 0.3 is 0 Å². The average molecular weight is 362 g/mol. The fourth-order valence-corrected chi connectivity index (χ4v) is 2.51. The number of hydrogen-bond acceptors (Lipinski definition) is 2. The molecule has 2 rings (SSSR count). The third kappa shape index (κ3) is 8.62. The fourth-order valence-electron chi connectivity index (χ4n) is 2.51. The lowest BCUT2D eigenvalue weighted by molar-refractivity contribution is 0.304. The highest BCUT2D eigenvalue weighted by atomic mass is 16.5. The highest BCUT2D eigenvalue weighted by Gasteiger charge is 2.03. The zero-order chi connectivity index (χ0) is 19.7.